The number of halogens is 1. The second-order valence-electron chi connectivity index (χ2n) is 7.92. The van der Waals surface area contributed by atoms with Gasteiger partial charge in [0.1, 0.15) is 0 Å². The van der Waals surface area contributed by atoms with E-state index in [0.29, 0.717) is 28.1 Å². The Kier molecular flexibility index (Phi) is 7.35. The van der Waals surface area contributed by atoms with Gasteiger partial charge < -0.3 is 14.8 Å². The highest BCUT2D eigenvalue weighted by Crippen LogP contribution is 2.34. The zero-order chi connectivity index (χ0) is 23.4. The van der Waals surface area contributed by atoms with Crippen LogP contribution in [0.2, 0.25) is 5.02 Å². The second kappa shape index (κ2) is 10.4. The molecule has 2 amide bonds. The van der Waals surface area contributed by atoms with Gasteiger partial charge in [0.25, 0.3) is 5.91 Å². The Morgan fingerprint density at radius 2 is 1.91 bits per heavy atom. The number of thioether (sulfide) groups is 1. The topological polar surface area (TPSA) is 80.1 Å². The Labute approximate surface area is 202 Å². The van der Waals surface area contributed by atoms with Gasteiger partial charge in [-0.25, -0.2) is 0 Å². The lowest BCUT2D eigenvalue weighted by Crippen LogP contribution is -2.32. The highest BCUT2D eigenvalue weighted by Gasteiger charge is 2.34. The highest BCUT2D eigenvalue weighted by molar-refractivity contribution is 7.99. The molecule has 0 bridgehead atoms. The summed E-state index contributed by atoms with van der Waals surface area (Å²) in [6.45, 7) is 2.74. The number of anilines is 1. The SMILES string of the molecule is CCc1ccc(NC(=O)CSc2nnc(C3CCCN3C(=O)c3ccccc3Cl)n2C)cc1. The molecule has 33 heavy (non-hydrogen) atoms. The fourth-order valence-corrected chi connectivity index (χ4v) is 4.90. The van der Waals surface area contributed by atoms with E-state index in [1.807, 2.05) is 52.9 Å². The summed E-state index contributed by atoms with van der Waals surface area (Å²) in [4.78, 5) is 27.3. The predicted octanol–water partition coefficient (Wildman–Crippen LogP) is 4.74. The van der Waals surface area contributed by atoms with Crippen LogP contribution >= 0.6 is 23.4 Å². The van der Waals surface area contributed by atoms with Crippen LogP contribution in [0.5, 0.6) is 0 Å². The fraction of sp³-hybridized carbons (Fsp3) is 0.333. The number of hydrogen-bond acceptors (Lipinski definition) is 5. The molecular weight excluding hydrogens is 458 g/mol. The third-order valence-corrected chi connectivity index (χ3v) is 7.11. The summed E-state index contributed by atoms with van der Waals surface area (Å²) in [5.74, 6) is 0.721. The van der Waals surface area contributed by atoms with Crippen LogP contribution in [0.3, 0.4) is 0 Å². The molecule has 0 saturated carbocycles. The smallest absolute Gasteiger partial charge is 0.255 e. The number of carbonyl (C=O) groups is 2. The molecular formula is C24H26ClN5O2S. The third kappa shape index (κ3) is 5.23. The van der Waals surface area contributed by atoms with E-state index in [9.17, 15) is 9.59 Å². The molecule has 3 aromatic rings. The number of likely N-dealkylation sites (tertiary alicyclic amines) is 1. The first-order chi connectivity index (χ1) is 16.0. The van der Waals surface area contributed by atoms with E-state index >= 15 is 0 Å². The van der Waals surface area contributed by atoms with E-state index in [1.165, 1.54) is 17.3 Å². The van der Waals surface area contributed by atoms with Crippen molar-refractivity contribution in [2.24, 2.45) is 7.05 Å². The second-order valence-corrected chi connectivity index (χ2v) is 9.27. The maximum atomic E-state index is 13.1. The minimum Gasteiger partial charge on any atom is -0.328 e. The summed E-state index contributed by atoms with van der Waals surface area (Å²) >= 11 is 7.57. The average Bonchev–Trinajstić information content (AvgIpc) is 3.44. The van der Waals surface area contributed by atoms with Gasteiger partial charge in [-0.1, -0.05) is 54.6 Å². The number of carbonyl (C=O) groups excluding carboxylic acids is 2. The largest absolute Gasteiger partial charge is 0.328 e. The Hall–Kier alpha value is -2.84. The van der Waals surface area contributed by atoms with Gasteiger partial charge in [-0.15, -0.1) is 10.2 Å². The Morgan fingerprint density at radius 1 is 1.15 bits per heavy atom. The predicted molar refractivity (Wildman–Crippen MR) is 131 cm³/mol. The number of nitrogens with zero attached hydrogens (tertiary/aromatic N) is 4. The molecule has 1 atom stereocenters. The lowest BCUT2D eigenvalue weighted by Gasteiger charge is -2.24. The van der Waals surface area contributed by atoms with E-state index in [-0.39, 0.29) is 23.6 Å². The minimum atomic E-state index is -0.175. The number of nitrogens with one attached hydrogen (secondary N) is 1. The Balaban J connectivity index is 1.41. The monoisotopic (exact) mass is 483 g/mol. The van der Waals surface area contributed by atoms with E-state index < -0.39 is 0 Å². The summed E-state index contributed by atoms with van der Waals surface area (Å²) in [7, 11) is 1.87. The van der Waals surface area contributed by atoms with Crippen molar-refractivity contribution >= 4 is 40.9 Å². The molecule has 0 aliphatic carbocycles. The molecule has 4 rings (SSSR count). The first kappa shape index (κ1) is 23.3. The molecule has 1 saturated heterocycles. The van der Waals surface area contributed by atoms with Crippen molar-refractivity contribution < 1.29 is 9.59 Å². The van der Waals surface area contributed by atoms with Crippen molar-refractivity contribution in [3.63, 3.8) is 0 Å². The molecule has 0 radical (unpaired) electrons. The molecule has 1 aliphatic heterocycles. The van der Waals surface area contributed by atoms with Gasteiger partial charge >= 0.3 is 0 Å². The van der Waals surface area contributed by atoms with Gasteiger partial charge in [0.2, 0.25) is 5.91 Å². The number of benzene rings is 2. The van der Waals surface area contributed by atoms with E-state index in [4.69, 9.17) is 11.6 Å². The lowest BCUT2D eigenvalue weighted by atomic mass is 10.1. The van der Waals surface area contributed by atoms with Crippen LogP contribution in [-0.4, -0.2) is 43.8 Å². The van der Waals surface area contributed by atoms with Crippen molar-refractivity contribution in [1.82, 2.24) is 19.7 Å². The molecule has 1 unspecified atom stereocenters. The molecule has 1 aliphatic rings. The third-order valence-electron chi connectivity index (χ3n) is 5.76. The number of aromatic nitrogens is 3. The van der Waals surface area contributed by atoms with Crippen molar-refractivity contribution in [2.45, 2.75) is 37.4 Å². The van der Waals surface area contributed by atoms with Crippen LogP contribution in [0.15, 0.2) is 53.7 Å². The first-order valence-electron chi connectivity index (χ1n) is 10.9. The summed E-state index contributed by atoms with van der Waals surface area (Å²) in [6.07, 6.45) is 2.65. The summed E-state index contributed by atoms with van der Waals surface area (Å²) in [5, 5.41) is 12.6. The molecule has 9 heteroatoms. The normalized spacial score (nSPS) is 15.6. The van der Waals surface area contributed by atoms with Crippen LogP contribution in [0.1, 0.15) is 47.6 Å². The van der Waals surface area contributed by atoms with Crippen LogP contribution in [-0.2, 0) is 18.3 Å². The van der Waals surface area contributed by atoms with Crippen molar-refractivity contribution in [3.05, 3.63) is 70.5 Å². The summed E-state index contributed by atoms with van der Waals surface area (Å²) in [6, 6.07) is 14.7. The van der Waals surface area contributed by atoms with Crippen LogP contribution < -0.4 is 5.32 Å². The van der Waals surface area contributed by atoms with Crippen LogP contribution in [0.4, 0.5) is 5.69 Å². The van der Waals surface area contributed by atoms with Gasteiger partial charge in [-0.2, -0.15) is 0 Å². The number of aryl methyl sites for hydroxylation is 1. The van der Waals surface area contributed by atoms with Gasteiger partial charge in [0, 0.05) is 19.3 Å². The lowest BCUT2D eigenvalue weighted by molar-refractivity contribution is -0.113. The molecule has 1 aromatic heterocycles. The first-order valence-corrected chi connectivity index (χ1v) is 12.3. The number of amides is 2. The minimum absolute atomic E-state index is 0.103. The zero-order valence-corrected chi connectivity index (χ0v) is 20.2. The van der Waals surface area contributed by atoms with E-state index in [1.54, 1.807) is 12.1 Å². The quantitative estimate of drug-likeness (QED) is 0.491. The number of hydrogen-bond donors (Lipinski definition) is 1. The highest BCUT2D eigenvalue weighted by atomic mass is 35.5. The van der Waals surface area contributed by atoms with Crippen LogP contribution in [0, 0.1) is 0 Å². The molecule has 2 heterocycles. The van der Waals surface area contributed by atoms with Gasteiger partial charge in [0.05, 0.1) is 22.4 Å². The summed E-state index contributed by atoms with van der Waals surface area (Å²) < 4.78 is 1.87. The average molecular weight is 484 g/mol. The Morgan fingerprint density at radius 3 is 2.64 bits per heavy atom. The van der Waals surface area contributed by atoms with Crippen LogP contribution in [0.25, 0.3) is 0 Å². The van der Waals surface area contributed by atoms with E-state index in [0.717, 1.165) is 24.9 Å². The maximum Gasteiger partial charge on any atom is 0.255 e. The van der Waals surface area contributed by atoms with Gasteiger partial charge in [-0.3, -0.25) is 9.59 Å². The maximum absolute atomic E-state index is 13.1. The fourth-order valence-electron chi connectivity index (χ4n) is 3.96. The molecule has 0 spiro atoms. The standard InChI is InChI=1S/C24H26ClN5O2S/c1-3-16-10-12-17(13-11-16)26-21(31)15-33-24-28-27-22(29(24)2)20-9-6-14-30(20)23(32)18-7-4-5-8-19(18)25/h4-5,7-8,10-13,20H,3,6,9,14-15H2,1-2H3,(H,26,31). The Bertz CT molecular complexity index is 1150. The molecule has 1 fully saturated rings. The number of rotatable bonds is 7. The molecule has 1 N–H and O–H groups in total. The van der Waals surface area contributed by atoms with Crippen molar-refractivity contribution in [2.75, 3.05) is 17.6 Å². The van der Waals surface area contributed by atoms with Crippen molar-refractivity contribution in [3.8, 4) is 0 Å². The van der Waals surface area contributed by atoms with Crippen molar-refractivity contribution in [1.29, 1.82) is 0 Å². The van der Waals surface area contributed by atoms with E-state index in [2.05, 4.69) is 22.4 Å². The molecule has 2 aromatic carbocycles. The molecule has 7 nitrogen and oxygen atoms in total. The zero-order valence-electron chi connectivity index (χ0n) is 18.6. The van der Waals surface area contributed by atoms with Gasteiger partial charge in [0.15, 0.2) is 11.0 Å². The summed E-state index contributed by atoms with van der Waals surface area (Å²) in [5.41, 5.74) is 2.49. The molecule has 172 valence electrons. The van der Waals surface area contributed by atoms with Gasteiger partial charge in [-0.05, 0) is 49.1 Å².